The highest BCUT2D eigenvalue weighted by molar-refractivity contribution is 6.05. The third kappa shape index (κ3) is 1.46. The first-order valence-corrected chi connectivity index (χ1v) is 6.81. The van der Waals surface area contributed by atoms with Gasteiger partial charge in [0, 0.05) is 0 Å². The lowest BCUT2D eigenvalue weighted by Gasteiger charge is -2.38. The molecule has 2 bridgehead atoms. The number of furan rings is 1. The van der Waals surface area contributed by atoms with Crippen molar-refractivity contribution in [2.24, 2.45) is 23.7 Å². The molecular weight excluding hydrogens is 242 g/mol. The Morgan fingerprint density at radius 2 is 1.74 bits per heavy atom. The van der Waals surface area contributed by atoms with E-state index >= 15 is 0 Å². The molecule has 4 heteroatoms. The molecule has 1 aromatic heterocycles. The highest BCUT2D eigenvalue weighted by Gasteiger charge is 2.56. The molecule has 1 aliphatic heterocycles. The van der Waals surface area contributed by atoms with Gasteiger partial charge in [-0.15, -0.1) is 0 Å². The molecular formula is C15H15NO3. The van der Waals surface area contributed by atoms with Crippen LogP contribution in [0.15, 0.2) is 35.0 Å². The van der Waals surface area contributed by atoms with E-state index in [0.29, 0.717) is 5.76 Å². The zero-order valence-corrected chi connectivity index (χ0v) is 10.5. The van der Waals surface area contributed by atoms with Crippen LogP contribution in [0.2, 0.25) is 0 Å². The Labute approximate surface area is 111 Å². The lowest BCUT2D eigenvalue weighted by atomic mass is 9.63. The number of hydrogen-bond acceptors (Lipinski definition) is 3. The van der Waals surface area contributed by atoms with Gasteiger partial charge in [-0.1, -0.05) is 12.2 Å². The van der Waals surface area contributed by atoms with E-state index in [1.165, 1.54) is 4.90 Å². The van der Waals surface area contributed by atoms with Crippen molar-refractivity contribution >= 4 is 11.8 Å². The second kappa shape index (κ2) is 3.83. The first-order chi connectivity index (χ1) is 9.25. The molecule has 1 saturated heterocycles. The van der Waals surface area contributed by atoms with Crippen LogP contribution in [-0.2, 0) is 16.1 Å². The van der Waals surface area contributed by atoms with Crippen molar-refractivity contribution in [2.75, 3.05) is 0 Å². The number of hydrogen-bond donors (Lipinski definition) is 0. The summed E-state index contributed by atoms with van der Waals surface area (Å²) in [7, 11) is 0. The number of carbonyl (C=O) groups excluding carboxylic acids is 2. The van der Waals surface area contributed by atoms with E-state index in [1.54, 1.807) is 18.4 Å². The van der Waals surface area contributed by atoms with Crippen LogP contribution in [-0.4, -0.2) is 16.7 Å². The highest BCUT2D eigenvalue weighted by atomic mass is 16.3. The molecule has 0 spiro atoms. The van der Waals surface area contributed by atoms with Gasteiger partial charge in [0.25, 0.3) is 0 Å². The summed E-state index contributed by atoms with van der Waals surface area (Å²) in [5, 5.41) is 0. The molecule has 3 aliphatic carbocycles. The van der Waals surface area contributed by atoms with Gasteiger partial charge in [-0.05, 0) is 36.8 Å². The minimum atomic E-state index is -0.119. The Balaban J connectivity index is 1.66. The summed E-state index contributed by atoms with van der Waals surface area (Å²) in [5.74, 6) is 0.926. The number of nitrogens with zero attached hydrogens (tertiary/aromatic N) is 1. The van der Waals surface area contributed by atoms with Crippen LogP contribution in [0.4, 0.5) is 0 Å². The molecule has 19 heavy (non-hydrogen) atoms. The fourth-order valence-corrected chi connectivity index (χ4v) is 3.85. The topological polar surface area (TPSA) is 50.5 Å². The fraction of sp³-hybridized carbons (Fsp3) is 0.467. The number of allylic oxidation sites excluding steroid dienone is 2. The van der Waals surface area contributed by atoms with Crippen LogP contribution in [0.25, 0.3) is 0 Å². The predicted molar refractivity (Wildman–Crippen MR) is 66.6 cm³/mol. The van der Waals surface area contributed by atoms with Gasteiger partial charge >= 0.3 is 0 Å². The van der Waals surface area contributed by atoms with Gasteiger partial charge in [0.1, 0.15) is 5.76 Å². The molecule has 4 aliphatic rings. The number of likely N-dealkylation sites (tertiary alicyclic amines) is 1. The molecule has 0 aromatic carbocycles. The molecule has 1 aromatic rings. The van der Waals surface area contributed by atoms with Crippen LogP contribution in [0, 0.1) is 23.7 Å². The Morgan fingerprint density at radius 3 is 2.21 bits per heavy atom. The van der Waals surface area contributed by atoms with E-state index in [0.717, 1.165) is 12.8 Å². The summed E-state index contributed by atoms with van der Waals surface area (Å²) < 4.78 is 5.25. The molecule has 0 radical (unpaired) electrons. The average Bonchev–Trinajstić information content (AvgIpc) is 3.04. The SMILES string of the molecule is O=C1[C@@H]2[C@@H](C(=O)N1Cc1ccco1)[C@@H]1C=C[C@@H]2CC1. The quantitative estimate of drug-likeness (QED) is 0.601. The smallest absolute Gasteiger partial charge is 0.234 e. The molecule has 4 atom stereocenters. The van der Waals surface area contributed by atoms with Crippen LogP contribution in [0.1, 0.15) is 18.6 Å². The molecule has 0 unspecified atom stereocenters. The largest absolute Gasteiger partial charge is 0.467 e. The van der Waals surface area contributed by atoms with E-state index in [-0.39, 0.29) is 42.0 Å². The van der Waals surface area contributed by atoms with E-state index in [1.807, 2.05) is 0 Å². The summed E-state index contributed by atoms with van der Waals surface area (Å²) in [6, 6.07) is 3.58. The van der Waals surface area contributed by atoms with Gasteiger partial charge in [0.2, 0.25) is 11.8 Å². The number of fused-ring (bicyclic) bond motifs is 1. The number of amides is 2. The molecule has 0 N–H and O–H groups in total. The van der Waals surface area contributed by atoms with Gasteiger partial charge in [-0.3, -0.25) is 14.5 Å². The van der Waals surface area contributed by atoms with E-state index in [2.05, 4.69) is 12.2 Å². The maximum Gasteiger partial charge on any atom is 0.234 e. The number of carbonyl (C=O) groups is 2. The lowest BCUT2D eigenvalue weighted by molar-refractivity contribution is -0.141. The van der Waals surface area contributed by atoms with Crippen molar-refractivity contribution in [1.82, 2.24) is 4.90 Å². The van der Waals surface area contributed by atoms with Gasteiger partial charge in [-0.25, -0.2) is 0 Å². The van der Waals surface area contributed by atoms with Crippen molar-refractivity contribution in [3.05, 3.63) is 36.3 Å². The lowest BCUT2D eigenvalue weighted by Crippen LogP contribution is -2.38. The minimum Gasteiger partial charge on any atom is -0.467 e. The maximum atomic E-state index is 12.5. The first kappa shape index (κ1) is 11.0. The minimum absolute atomic E-state index is 0.00884. The first-order valence-electron chi connectivity index (χ1n) is 6.81. The van der Waals surface area contributed by atoms with Crippen LogP contribution in [0.3, 0.4) is 0 Å². The predicted octanol–water partition coefficient (Wildman–Crippen LogP) is 1.98. The third-order valence-electron chi connectivity index (χ3n) is 4.74. The van der Waals surface area contributed by atoms with Crippen molar-refractivity contribution in [1.29, 1.82) is 0 Å². The molecule has 2 amide bonds. The molecule has 4 nitrogen and oxygen atoms in total. The third-order valence-corrected chi connectivity index (χ3v) is 4.74. The summed E-state index contributed by atoms with van der Waals surface area (Å²) >= 11 is 0. The summed E-state index contributed by atoms with van der Waals surface area (Å²) in [6.07, 6.45) is 7.92. The van der Waals surface area contributed by atoms with E-state index < -0.39 is 0 Å². The van der Waals surface area contributed by atoms with Crippen LogP contribution in [0.5, 0.6) is 0 Å². The average molecular weight is 257 g/mol. The van der Waals surface area contributed by atoms with Gasteiger partial charge in [0.05, 0.1) is 24.6 Å². The monoisotopic (exact) mass is 257 g/mol. The summed E-state index contributed by atoms with van der Waals surface area (Å²) in [6.45, 7) is 0.275. The normalized spacial score (nSPS) is 36.1. The Morgan fingerprint density at radius 1 is 1.11 bits per heavy atom. The van der Waals surface area contributed by atoms with Gasteiger partial charge in [-0.2, -0.15) is 0 Å². The molecule has 1 saturated carbocycles. The molecule has 2 fully saturated rings. The van der Waals surface area contributed by atoms with Crippen molar-refractivity contribution < 1.29 is 14.0 Å². The Kier molecular flexibility index (Phi) is 2.22. The van der Waals surface area contributed by atoms with E-state index in [9.17, 15) is 9.59 Å². The second-order valence-corrected chi connectivity index (χ2v) is 5.68. The maximum absolute atomic E-state index is 12.5. The zero-order chi connectivity index (χ0) is 13.0. The molecule has 2 heterocycles. The van der Waals surface area contributed by atoms with E-state index in [4.69, 9.17) is 4.42 Å². The van der Waals surface area contributed by atoms with Crippen molar-refractivity contribution in [2.45, 2.75) is 19.4 Å². The Hall–Kier alpha value is -1.84. The number of rotatable bonds is 2. The second-order valence-electron chi connectivity index (χ2n) is 5.68. The molecule has 5 rings (SSSR count). The van der Waals surface area contributed by atoms with Gasteiger partial charge < -0.3 is 4.42 Å². The summed E-state index contributed by atoms with van der Waals surface area (Å²) in [4.78, 5) is 26.4. The standard InChI is InChI=1S/C15H15NO3/c17-14-12-9-3-4-10(6-5-9)13(12)15(18)16(14)8-11-2-1-7-19-11/h1-4,7,9-10,12-13H,5-6,8H2/t9-,10-,12+,13+/m1/s1. The zero-order valence-electron chi connectivity index (χ0n) is 10.5. The van der Waals surface area contributed by atoms with Crippen LogP contribution >= 0.6 is 0 Å². The fourth-order valence-electron chi connectivity index (χ4n) is 3.85. The Bertz CT molecular complexity index is 528. The van der Waals surface area contributed by atoms with Crippen molar-refractivity contribution in [3.63, 3.8) is 0 Å². The summed E-state index contributed by atoms with van der Waals surface area (Å²) in [5.41, 5.74) is 0. The van der Waals surface area contributed by atoms with Crippen molar-refractivity contribution in [3.8, 4) is 0 Å². The highest BCUT2D eigenvalue weighted by Crippen LogP contribution is 2.49. The van der Waals surface area contributed by atoms with Crippen LogP contribution < -0.4 is 0 Å². The van der Waals surface area contributed by atoms with Gasteiger partial charge in [0.15, 0.2) is 0 Å². The number of imide groups is 1. The molecule has 98 valence electrons.